The van der Waals surface area contributed by atoms with Gasteiger partial charge in [0.1, 0.15) is 0 Å². The van der Waals surface area contributed by atoms with Crippen molar-refractivity contribution in [3.63, 3.8) is 0 Å². The molecule has 0 radical (unpaired) electrons. The van der Waals surface area contributed by atoms with Gasteiger partial charge in [-0.15, -0.1) is 0 Å². The van der Waals surface area contributed by atoms with Crippen LogP contribution in [-0.4, -0.2) is 15.9 Å². The third kappa shape index (κ3) is 2.83. The third-order valence-electron chi connectivity index (χ3n) is 4.20. The largest absolute Gasteiger partial charge is 0.320 e. The number of pyridine rings is 2. The van der Waals surface area contributed by atoms with E-state index in [4.69, 9.17) is 0 Å². The van der Waals surface area contributed by atoms with Gasteiger partial charge in [0.15, 0.2) is 0 Å². The highest BCUT2D eigenvalue weighted by molar-refractivity contribution is 6.14. The number of carbonyl (C=O) groups is 1. The second-order valence-electron chi connectivity index (χ2n) is 6.11. The summed E-state index contributed by atoms with van der Waals surface area (Å²) in [5, 5.41) is 4.86. The van der Waals surface area contributed by atoms with E-state index in [-0.39, 0.29) is 5.91 Å². The molecule has 4 heteroatoms. The van der Waals surface area contributed by atoms with Crippen LogP contribution in [0, 0.1) is 13.8 Å². The zero-order chi connectivity index (χ0) is 17.4. The van der Waals surface area contributed by atoms with Gasteiger partial charge in [-0.1, -0.05) is 36.4 Å². The molecular weight excluding hydrogens is 310 g/mol. The number of rotatable bonds is 2. The van der Waals surface area contributed by atoms with Gasteiger partial charge in [0, 0.05) is 22.2 Å². The molecule has 2 heterocycles. The smallest absolute Gasteiger partial charge is 0.256 e. The quantitative estimate of drug-likeness (QED) is 0.583. The van der Waals surface area contributed by atoms with E-state index < -0.39 is 0 Å². The maximum Gasteiger partial charge on any atom is 0.256 e. The van der Waals surface area contributed by atoms with Crippen LogP contribution in [-0.2, 0) is 0 Å². The van der Waals surface area contributed by atoms with Crippen molar-refractivity contribution >= 4 is 33.4 Å². The molecule has 25 heavy (non-hydrogen) atoms. The topological polar surface area (TPSA) is 54.9 Å². The summed E-state index contributed by atoms with van der Waals surface area (Å²) < 4.78 is 0. The van der Waals surface area contributed by atoms with E-state index in [1.165, 1.54) is 0 Å². The fraction of sp³-hybridized carbons (Fsp3) is 0.0952. The Labute approximate surface area is 145 Å². The predicted molar refractivity (Wildman–Crippen MR) is 101 cm³/mol. The molecule has 2 aromatic heterocycles. The molecule has 0 unspecified atom stereocenters. The molecule has 4 nitrogen and oxygen atoms in total. The van der Waals surface area contributed by atoms with Crippen LogP contribution in [0.25, 0.3) is 21.8 Å². The average molecular weight is 327 g/mol. The summed E-state index contributed by atoms with van der Waals surface area (Å²) in [6.45, 7) is 3.84. The standard InChI is InChI=1S/C21H17N3O/c1-13-10-11-15-6-5-9-19(20(15)23-13)24-21(25)17-12-14(2)22-18-8-4-3-7-16(17)18/h3-12H,1-2H3,(H,24,25). The fourth-order valence-corrected chi connectivity index (χ4v) is 3.03. The number of benzene rings is 2. The minimum Gasteiger partial charge on any atom is -0.320 e. The molecule has 0 aliphatic rings. The number of amides is 1. The van der Waals surface area contributed by atoms with Crippen molar-refractivity contribution in [1.29, 1.82) is 0 Å². The van der Waals surface area contributed by atoms with Crippen LogP contribution in [0.1, 0.15) is 21.7 Å². The normalized spacial score (nSPS) is 11.0. The van der Waals surface area contributed by atoms with Gasteiger partial charge >= 0.3 is 0 Å². The predicted octanol–water partition coefficient (Wildman–Crippen LogP) is 4.65. The fourth-order valence-electron chi connectivity index (χ4n) is 3.03. The first-order chi connectivity index (χ1) is 12.1. The van der Waals surface area contributed by atoms with Crippen LogP contribution in [0.3, 0.4) is 0 Å². The first kappa shape index (κ1) is 15.3. The molecule has 0 atom stereocenters. The highest BCUT2D eigenvalue weighted by Gasteiger charge is 2.13. The second kappa shape index (κ2) is 5.98. The molecule has 0 saturated heterocycles. The number of anilines is 1. The summed E-state index contributed by atoms with van der Waals surface area (Å²) in [6, 6.07) is 19.3. The first-order valence-corrected chi connectivity index (χ1v) is 8.16. The Balaban J connectivity index is 1.80. The van der Waals surface area contributed by atoms with Gasteiger partial charge in [-0.05, 0) is 38.1 Å². The van der Waals surface area contributed by atoms with Crippen molar-refractivity contribution < 1.29 is 4.79 Å². The van der Waals surface area contributed by atoms with Gasteiger partial charge < -0.3 is 5.32 Å². The van der Waals surface area contributed by atoms with Crippen molar-refractivity contribution in [3.8, 4) is 0 Å². The number of hydrogen-bond donors (Lipinski definition) is 1. The molecule has 4 rings (SSSR count). The minimum absolute atomic E-state index is 0.155. The molecule has 0 fully saturated rings. The maximum atomic E-state index is 12.9. The number of fused-ring (bicyclic) bond motifs is 2. The lowest BCUT2D eigenvalue weighted by Crippen LogP contribution is -2.13. The van der Waals surface area contributed by atoms with Crippen molar-refractivity contribution in [2.45, 2.75) is 13.8 Å². The Bertz CT molecular complexity index is 1120. The summed E-state index contributed by atoms with van der Waals surface area (Å²) in [5.41, 5.74) is 4.68. The Morgan fingerprint density at radius 3 is 2.60 bits per heavy atom. The van der Waals surface area contributed by atoms with E-state index in [0.29, 0.717) is 11.3 Å². The van der Waals surface area contributed by atoms with E-state index in [9.17, 15) is 4.79 Å². The van der Waals surface area contributed by atoms with E-state index in [1.54, 1.807) is 0 Å². The number of aryl methyl sites for hydroxylation is 2. The Kier molecular flexibility index (Phi) is 3.65. The van der Waals surface area contributed by atoms with E-state index >= 15 is 0 Å². The molecular formula is C21H17N3O. The molecule has 1 N–H and O–H groups in total. The van der Waals surface area contributed by atoms with Gasteiger partial charge in [-0.3, -0.25) is 14.8 Å². The Morgan fingerprint density at radius 2 is 1.72 bits per heavy atom. The van der Waals surface area contributed by atoms with E-state index in [2.05, 4.69) is 15.3 Å². The number of para-hydroxylation sites is 2. The van der Waals surface area contributed by atoms with Crippen molar-refractivity contribution in [2.24, 2.45) is 0 Å². The Morgan fingerprint density at radius 1 is 0.880 bits per heavy atom. The van der Waals surface area contributed by atoms with Crippen molar-refractivity contribution in [2.75, 3.05) is 5.32 Å². The summed E-state index contributed by atoms with van der Waals surface area (Å²) in [5.74, 6) is -0.155. The molecule has 2 aromatic carbocycles. The molecule has 4 aromatic rings. The molecule has 0 saturated carbocycles. The molecule has 1 amide bonds. The van der Waals surface area contributed by atoms with Gasteiger partial charge in [-0.2, -0.15) is 0 Å². The lowest BCUT2D eigenvalue weighted by atomic mass is 10.1. The number of carbonyl (C=O) groups excluding carboxylic acids is 1. The zero-order valence-electron chi connectivity index (χ0n) is 14.1. The van der Waals surface area contributed by atoms with Gasteiger partial charge in [0.05, 0.1) is 22.3 Å². The Hall–Kier alpha value is -3.27. The van der Waals surface area contributed by atoms with Crippen LogP contribution in [0.4, 0.5) is 5.69 Å². The van der Waals surface area contributed by atoms with E-state index in [1.807, 2.05) is 74.5 Å². The number of nitrogens with zero attached hydrogens (tertiary/aromatic N) is 2. The summed E-state index contributed by atoms with van der Waals surface area (Å²) >= 11 is 0. The number of aromatic nitrogens is 2. The lowest BCUT2D eigenvalue weighted by Gasteiger charge is -2.11. The van der Waals surface area contributed by atoms with Crippen LogP contribution in [0.2, 0.25) is 0 Å². The lowest BCUT2D eigenvalue weighted by molar-refractivity contribution is 0.102. The van der Waals surface area contributed by atoms with Crippen LogP contribution in [0.15, 0.2) is 60.7 Å². The molecule has 0 aliphatic heterocycles. The molecule has 0 bridgehead atoms. The second-order valence-corrected chi connectivity index (χ2v) is 6.11. The summed E-state index contributed by atoms with van der Waals surface area (Å²) in [7, 11) is 0. The molecule has 0 aliphatic carbocycles. The first-order valence-electron chi connectivity index (χ1n) is 8.16. The highest BCUT2D eigenvalue weighted by atomic mass is 16.1. The zero-order valence-corrected chi connectivity index (χ0v) is 14.1. The maximum absolute atomic E-state index is 12.9. The average Bonchev–Trinajstić information content (AvgIpc) is 2.61. The highest BCUT2D eigenvalue weighted by Crippen LogP contribution is 2.24. The molecule has 122 valence electrons. The monoisotopic (exact) mass is 327 g/mol. The number of nitrogens with one attached hydrogen (secondary N) is 1. The van der Waals surface area contributed by atoms with Crippen LogP contribution < -0.4 is 5.32 Å². The molecule has 0 spiro atoms. The summed E-state index contributed by atoms with van der Waals surface area (Å²) in [6.07, 6.45) is 0. The number of hydrogen-bond acceptors (Lipinski definition) is 3. The van der Waals surface area contributed by atoms with Gasteiger partial charge in [0.25, 0.3) is 5.91 Å². The minimum atomic E-state index is -0.155. The van der Waals surface area contributed by atoms with Gasteiger partial charge in [-0.25, -0.2) is 0 Å². The van der Waals surface area contributed by atoms with Crippen LogP contribution >= 0.6 is 0 Å². The van der Waals surface area contributed by atoms with E-state index in [0.717, 1.165) is 33.2 Å². The van der Waals surface area contributed by atoms with Crippen molar-refractivity contribution in [3.05, 3.63) is 77.6 Å². The van der Waals surface area contributed by atoms with Crippen LogP contribution in [0.5, 0.6) is 0 Å². The SMILES string of the molecule is Cc1cc(C(=O)Nc2cccc3ccc(C)nc23)c2ccccc2n1. The van der Waals surface area contributed by atoms with Crippen molar-refractivity contribution in [1.82, 2.24) is 9.97 Å². The third-order valence-corrected chi connectivity index (χ3v) is 4.20. The summed E-state index contributed by atoms with van der Waals surface area (Å²) in [4.78, 5) is 22.0. The van der Waals surface area contributed by atoms with Gasteiger partial charge in [0.2, 0.25) is 0 Å².